The maximum atomic E-state index is 3.35. The van der Waals surface area contributed by atoms with E-state index in [0.29, 0.717) is 0 Å². The molecule has 2 heteroatoms. The average Bonchev–Trinajstić information content (AvgIpc) is 1.97. The Morgan fingerprint density at radius 1 is 0.714 bits per heavy atom. The van der Waals surface area contributed by atoms with Crippen molar-refractivity contribution in [3.8, 4) is 0 Å². The third-order valence-corrected chi connectivity index (χ3v) is 2.62. The van der Waals surface area contributed by atoms with Gasteiger partial charge in [0.15, 0.2) is 0 Å². The van der Waals surface area contributed by atoms with Crippen molar-refractivity contribution in [1.82, 2.24) is 0 Å². The molecule has 1 nitrogen and oxygen atoms in total. The van der Waals surface area contributed by atoms with Crippen LogP contribution in [0.1, 0.15) is 27.8 Å². The Hall–Kier alpha value is 0.284. The molecule has 1 aromatic rings. The van der Waals surface area contributed by atoms with Crippen molar-refractivity contribution >= 4 is 0 Å². The molecule has 0 aliphatic heterocycles. The second-order valence-corrected chi connectivity index (χ2v) is 3.25. The van der Waals surface area contributed by atoms with Crippen LogP contribution < -0.4 is 0 Å². The minimum Gasteiger partial charge on any atom is -0.693 e. The molecule has 0 spiro atoms. The van der Waals surface area contributed by atoms with Crippen LogP contribution in [0.15, 0.2) is 0 Å². The van der Waals surface area contributed by atoms with E-state index in [-0.39, 0.29) is 46.3 Å². The second kappa shape index (κ2) is 7.56. The summed E-state index contributed by atoms with van der Waals surface area (Å²) in [5.74, 6) is 0. The van der Waals surface area contributed by atoms with E-state index < -0.39 is 0 Å². The van der Waals surface area contributed by atoms with E-state index in [1.165, 1.54) is 27.8 Å². The second-order valence-electron chi connectivity index (χ2n) is 3.25. The Balaban J connectivity index is -0.000000403. The number of aryl methyl sites for hydroxylation is 2. The molecule has 0 saturated carbocycles. The molecule has 0 atom stereocenters. The van der Waals surface area contributed by atoms with E-state index in [9.17, 15) is 0 Å². The van der Waals surface area contributed by atoms with E-state index in [1.54, 1.807) is 0 Å². The summed E-state index contributed by atoms with van der Waals surface area (Å²) in [5, 5.41) is 0. The SMILES string of the molecule is Cc1[c-]c(C)c(C)c(C)c1C.[CH3-].[NH2-].[Y+3]. The summed E-state index contributed by atoms with van der Waals surface area (Å²) < 4.78 is 0. The van der Waals surface area contributed by atoms with Gasteiger partial charge in [0.05, 0.1) is 0 Å². The van der Waals surface area contributed by atoms with Crippen LogP contribution in [0.25, 0.3) is 6.15 Å². The minimum atomic E-state index is 0. The Morgan fingerprint density at radius 2 is 1.00 bits per heavy atom. The van der Waals surface area contributed by atoms with Gasteiger partial charge in [0.25, 0.3) is 0 Å². The van der Waals surface area contributed by atoms with Crippen molar-refractivity contribution in [2.24, 2.45) is 0 Å². The van der Waals surface area contributed by atoms with Crippen molar-refractivity contribution in [2.75, 3.05) is 0 Å². The van der Waals surface area contributed by atoms with E-state index in [0.717, 1.165) is 0 Å². The summed E-state index contributed by atoms with van der Waals surface area (Å²) in [4.78, 5) is 0. The van der Waals surface area contributed by atoms with Gasteiger partial charge < -0.3 is 13.6 Å². The molecule has 0 bridgehead atoms. The van der Waals surface area contributed by atoms with Crippen LogP contribution in [-0.4, -0.2) is 0 Å². The summed E-state index contributed by atoms with van der Waals surface area (Å²) in [7, 11) is 0. The standard InChI is InChI=1S/C11H15.CH3.H2N.Y/c1-7-6-8(2)10(4)11(5)9(7)3;;;/h1-5H3;1H3;1H2;/q3*-1;+3. The molecule has 0 fully saturated rings. The van der Waals surface area contributed by atoms with E-state index >= 15 is 0 Å². The Labute approximate surface area is 114 Å². The van der Waals surface area contributed by atoms with Gasteiger partial charge in [-0.15, -0.1) is 0 Å². The normalized spacial score (nSPS) is 8.07. The molecule has 0 aromatic heterocycles. The predicted octanol–water partition coefficient (Wildman–Crippen LogP) is 4.19. The van der Waals surface area contributed by atoms with Gasteiger partial charge in [-0.2, -0.15) is 33.9 Å². The first-order valence-electron chi connectivity index (χ1n) is 4.00. The largest absolute Gasteiger partial charge is 3.00 e. The van der Waals surface area contributed by atoms with Gasteiger partial charge in [-0.1, -0.05) is 34.6 Å². The summed E-state index contributed by atoms with van der Waals surface area (Å²) in [6, 6.07) is 3.35. The summed E-state index contributed by atoms with van der Waals surface area (Å²) >= 11 is 0. The predicted molar refractivity (Wildman–Crippen MR) is 60.7 cm³/mol. The maximum Gasteiger partial charge on any atom is 3.00 e. The van der Waals surface area contributed by atoms with Crippen LogP contribution in [0.3, 0.4) is 0 Å². The molecule has 14 heavy (non-hydrogen) atoms. The number of rotatable bonds is 0. The van der Waals surface area contributed by atoms with E-state index in [4.69, 9.17) is 0 Å². The fourth-order valence-electron chi connectivity index (χ4n) is 1.31. The monoisotopic (exact) mass is 267 g/mol. The number of hydrogen-bond acceptors (Lipinski definition) is 0. The maximum absolute atomic E-state index is 3.35. The van der Waals surface area contributed by atoms with Gasteiger partial charge in [0, 0.05) is 0 Å². The number of benzene rings is 1. The van der Waals surface area contributed by atoms with Gasteiger partial charge in [0.2, 0.25) is 0 Å². The fourth-order valence-corrected chi connectivity index (χ4v) is 1.31. The van der Waals surface area contributed by atoms with Crippen molar-refractivity contribution < 1.29 is 32.7 Å². The van der Waals surface area contributed by atoms with Gasteiger partial charge in [-0.3, -0.25) is 0 Å². The Bertz CT molecular complexity index is 267. The zero-order valence-corrected chi connectivity index (χ0v) is 13.0. The first-order valence-corrected chi connectivity index (χ1v) is 4.00. The van der Waals surface area contributed by atoms with Gasteiger partial charge in [0.1, 0.15) is 0 Å². The third-order valence-electron chi connectivity index (χ3n) is 2.62. The minimum absolute atomic E-state index is 0. The van der Waals surface area contributed by atoms with Crippen molar-refractivity contribution in [3.63, 3.8) is 0 Å². The molecule has 0 aliphatic rings. The molecule has 0 aliphatic carbocycles. The van der Waals surface area contributed by atoms with Crippen molar-refractivity contribution in [2.45, 2.75) is 34.6 Å². The first-order chi connectivity index (χ1) is 5.04. The van der Waals surface area contributed by atoms with Gasteiger partial charge >= 0.3 is 32.7 Å². The first kappa shape index (κ1) is 19.8. The molecular formula is C12H20NY. The van der Waals surface area contributed by atoms with Crippen LogP contribution >= 0.6 is 0 Å². The fraction of sp³-hybridized carbons (Fsp3) is 0.417. The molecule has 2 N–H and O–H groups in total. The molecule has 1 aromatic carbocycles. The zero-order valence-electron chi connectivity index (χ0n) is 10.2. The van der Waals surface area contributed by atoms with Crippen molar-refractivity contribution in [1.29, 1.82) is 0 Å². The van der Waals surface area contributed by atoms with E-state index in [1.807, 2.05) is 0 Å². The van der Waals surface area contributed by atoms with Crippen LogP contribution in [0.4, 0.5) is 0 Å². The summed E-state index contributed by atoms with van der Waals surface area (Å²) in [6.07, 6.45) is 0. The van der Waals surface area contributed by atoms with Crippen LogP contribution in [-0.2, 0) is 32.7 Å². The molecular weight excluding hydrogens is 247 g/mol. The van der Waals surface area contributed by atoms with Gasteiger partial charge in [-0.05, 0) is 0 Å². The van der Waals surface area contributed by atoms with Crippen LogP contribution in [0.5, 0.6) is 0 Å². The van der Waals surface area contributed by atoms with Crippen LogP contribution in [0, 0.1) is 48.1 Å². The molecule has 76 valence electrons. The Morgan fingerprint density at radius 3 is 1.29 bits per heavy atom. The van der Waals surface area contributed by atoms with Crippen molar-refractivity contribution in [3.05, 3.63) is 47.5 Å². The smallest absolute Gasteiger partial charge is 0.693 e. The topological polar surface area (TPSA) is 33.5 Å². The molecule has 0 amide bonds. The quantitative estimate of drug-likeness (QED) is 0.631. The molecule has 0 heterocycles. The molecule has 1 rings (SSSR count). The zero-order chi connectivity index (χ0) is 8.59. The van der Waals surface area contributed by atoms with Gasteiger partial charge in [-0.25, -0.2) is 0 Å². The number of hydrogen-bond donors (Lipinski definition) is 0. The molecule has 0 unspecified atom stereocenters. The summed E-state index contributed by atoms with van der Waals surface area (Å²) in [6.45, 7) is 10.7. The molecule has 0 saturated heterocycles. The summed E-state index contributed by atoms with van der Waals surface area (Å²) in [5.41, 5.74) is 6.75. The average molecular weight is 267 g/mol. The van der Waals surface area contributed by atoms with E-state index in [2.05, 4.69) is 40.7 Å². The third kappa shape index (κ3) is 3.80. The van der Waals surface area contributed by atoms with Crippen LogP contribution in [0.2, 0.25) is 0 Å². The number of nitrogens with two attached hydrogens (primary N) is 1. The molecule has 0 radical (unpaired) electrons. The Kier molecular flexibility index (Phi) is 10.7.